The molecule has 0 saturated carbocycles. The van der Waals surface area contributed by atoms with E-state index in [4.69, 9.17) is 0 Å². The molecule has 0 unspecified atom stereocenters. The highest BCUT2D eigenvalue weighted by atomic mass is 32.1. The van der Waals surface area contributed by atoms with Crippen LogP contribution in [0.5, 0.6) is 0 Å². The van der Waals surface area contributed by atoms with E-state index < -0.39 is 5.41 Å². The van der Waals surface area contributed by atoms with Crippen molar-refractivity contribution in [3.8, 4) is 44.5 Å². The van der Waals surface area contributed by atoms with Crippen LogP contribution < -0.4 is 4.90 Å². The molecular formula is C61H41NS. The largest absolute Gasteiger partial charge is 0.310 e. The van der Waals surface area contributed by atoms with E-state index in [1.54, 1.807) is 0 Å². The smallest absolute Gasteiger partial charge is 0.0713 e. The molecule has 0 N–H and O–H groups in total. The lowest BCUT2D eigenvalue weighted by Gasteiger charge is -2.34. The molecule has 0 fully saturated rings. The molecule has 0 amide bonds. The summed E-state index contributed by atoms with van der Waals surface area (Å²) in [5, 5.41) is 2.59. The first kappa shape index (κ1) is 37.0. The Hall–Kier alpha value is -7.78. The van der Waals surface area contributed by atoms with Gasteiger partial charge in [-0.25, -0.2) is 0 Å². The molecule has 1 heterocycles. The number of anilines is 3. The predicted molar refractivity (Wildman–Crippen MR) is 268 cm³/mol. The SMILES string of the molecule is c1ccc(-c2ccc(N(c3ccc(-c4ccccc4)c(-c4cccc(C5(c6ccccc6)c6ccccc6-c6ccccc65)c4)c3)c3ccc4c(c3)sc3ccccc34)cc2)cc1. The molecular weight excluding hydrogens is 779 g/mol. The molecule has 10 aromatic carbocycles. The predicted octanol–water partition coefficient (Wildman–Crippen LogP) is 16.9. The summed E-state index contributed by atoms with van der Waals surface area (Å²) < 4.78 is 2.58. The van der Waals surface area contributed by atoms with E-state index in [1.165, 1.54) is 86.9 Å². The number of rotatable bonds is 8. The van der Waals surface area contributed by atoms with E-state index in [-0.39, 0.29) is 0 Å². The van der Waals surface area contributed by atoms with Crippen LogP contribution in [0.15, 0.2) is 249 Å². The Labute approximate surface area is 372 Å². The summed E-state index contributed by atoms with van der Waals surface area (Å²) in [5.74, 6) is 0. The molecule has 0 bridgehead atoms. The highest BCUT2D eigenvalue weighted by Gasteiger charge is 2.46. The van der Waals surface area contributed by atoms with E-state index in [1.807, 2.05) is 11.3 Å². The van der Waals surface area contributed by atoms with E-state index in [9.17, 15) is 0 Å². The van der Waals surface area contributed by atoms with Gasteiger partial charge in [-0.15, -0.1) is 11.3 Å². The second-order valence-corrected chi connectivity index (χ2v) is 17.5. The number of thiophene rings is 1. The first-order valence-electron chi connectivity index (χ1n) is 21.7. The molecule has 0 radical (unpaired) electrons. The highest BCUT2D eigenvalue weighted by Crippen LogP contribution is 2.56. The minimum atomic E-state index is -0.499. The minimum absolute atomic E-state index is 0.499. The summed E-state index contributed by atoms with van der Waals surface area (Å²) in [7, 11) is 0. The third kappa shape index (κ3) is 6.14. The lowest BCUT2D eigenvalue weighted by atomic mass is 9.67. The zero-order valence-corrected chi connectivity index (χ0v) is 35.3. The van der Waals surface area contributed by atoms with Crippen LogP contribution in [0.3, 0.4) is 0 Å². The average Bonchev–Trinajstić information content (AvgIpc) is 3.89. The van der Waals surface area contributed by atoms with Crippen LogP contribution in [-0.4, -0.2) is 0 Å². The van der Waals surface area contributed by atoms with Gasteiger partial charge in [0.15, 0.2) is 0 Å². The van der Waals surface area contributed by atoms with Gasteiger partial charge in [-0.05, 0) is 115 Å². The number of benzene rings is 10. The Morgan fingerprint density at radius 2 is 0.810 bits per heavy atom. The van der Waals surface area contributed by atoms with Gasteiger partial charge in [0.05, 0.1) is 5.41 Å². The quantitative estimate of drug-likeness (QED) is 0.148. The van der Waals surface area contributed by atoms with E-state index in [0.717, 1.165) is 17.1 Å². The number of hydrogen-bond acceptors (Lipinski definition) is 2. The first-order chi connectivity index (χ1) is 31.2. The van der Waals surface area contributed by atoms with Gasteiger partial charge in [0.25, 0.3) is 0 Å². The Bertz CT molecular complexity index is 3400. The highest BCUT2D eigenvalue weighted by molar-refractivity contribution is 7.25. The molecule has 1 nitrogen and oxygen atoms in total. The van der Waals surface area contributed by atoms with Gasteiger partial charge in [-0.2, -0.15) is 0 Å². The van der Waals surface area contributed by atoms with Crippen molar-refractivity contribution in [3.63, 3.8) is 0 Å². The van der Waals surface area contributed by atoms with Crippen LogP contribution in [0.25, 0.3) is 64.7 Å². The Kier molecular flexibility index (Phi) is 8.98. The van der Waals surface area contributed by atoms with Crippen LogP contribution in [0.1, 0.15) is 22.3 Å². The van der Waals surface area contributed by atoms with Crippen molar-refractivity contribution in [1.82, 2.24) is 0 Å². The van der Waals surface area contributed by atoms with Crippen molar-refractivity contribution in [2.45, 2.75) is 5.41 Å². The maximum absolute atomic E-state index is 2.46. The topological polar surface area (TPSA) is 3.24 Å². The second kappa shape index (κ2) is 15.3. The van der Waals surface area contributed by atoms with Gasteiger partial charge < -0.3 is 4.90 Å². The van der Waals surface area contributed by atoms with Gasteiger partial charge in [-0.3, -0.25) is 0 Å². The summed E-state index contributed by atoms with van der Waals surface area (Å²) in [4.78, 5) is 2.43. The van der Waals surface area contributed by atoms with Crippen molar-refractivity contribution >= 4 is 48.6 Å². The first-order valence-corrected chi connectivity index (χ1v) is 22.5. The summed E-state index contributed by atoms with van der Waals surface area (Å²) in [6.07, 6.45) is 0. The zero-order valence-electron chi connectivity index (χ0n) is 34.5. The van der Waals surface area contributed by atoms with Crippen molar-refractivity contribution in [2.75, 3.05) is 4.90 Å². The number of hydrogen-bond donors (Lipinski definition) is 0. The summed E-state index contributed by atoms with van der Waals surface area (Å²) >= 11 is 1.86. The third-order valence-corrected chi connectivity index (χ3v) is 14.1. The number of nitrogens with zero attached hydrogens (tertiary/aromatic N) is 1. The Morgan fingerprint density at radius 3 is 1.54 bits per heavy atom. The van der Waals surface area contributed by atoms with Gasteiger partial charge in [0.1, 0.15) is 0 Å². The molecule has 0 atom stereocenters. The molecule has 1 aliphatic rings. The molecule has 0 saturated heterocycles. The van der Waals surface area contributed by atoms with Gasteiger partial charge in [0.2, 0.25) is 0 Å². The molecule has 2 heteroatoms. The van der Waals surface area contributed by atoms with Crippen molar-refractivity contribution in [2.24, 2.45) is 0 Å². The Balaban J connectivity index is 1.08. The lowest BCUT2D eigenvalue weighted by Crippen LogP contribution is -2.28. The molecule has 63 heavy (non-hydrogen) atoms. The van der Waals surface area contributed by atoms with Gasteiger partial charge in [0, 0.05) is 37.2 Å². The molecule has 1 aliphatic carbocycles. The lowest BCUT2D eigenvalue weighted by molar-refractivity contribution is 0.769. The maximum atomic E-state index is 2.46. The van der Waals surface area contributed by atoms with Crippen LogP contribution in [0.2, 0.25) is 0 Å². The number of fused-ring (bicyclic) bond motifs is 6. The molecule has 11 aromatic rings. The fraction of sp³-hybridized carbons (Fsp3) is 0.0164. The standard InChI is InChI=1S/C61H41NS/c1-4-17-42(18-5-1)43-31-33-48(34-32-43)62(50-36-38-55-54-27-12-15-30-59(54)63-60(55)41-50)49-35-37-51(44-19-6-2-7-20-44)56(40-49)45-21-16-24-47(39-45)61(46-22-8-3-9-23-46)57-28-13-10-25-52(57)53-26-11-14-29-58(53)61/h1-41H. The normalized spacial score (nSPS) is 12.6. The van der Waals surface area contributed by atoms with Crippen molar-refractivity contribution < 1.29 is 0 Å². The molecule has 12 rings (SSSR count). The Morgan fingerprint density at radius 1 is 0.286 bits per heavy atom. The average molecular weight is 820 g/mol. The fourth-order valence-electron chi connectivity index (χ4n) is 10.1. The van der Waals surface area contributed by atoms with E-state index in [2.05, 4.69) is 254 Å². The molecule has 0 aliphatic heterocycles. The fourth-order valence-corrected chi connectivity index (χ4v) is 11.3. The molecule has 1 aromatic heterocycles. The van der Waals surface area contributed by atoms with Crippen LogP contribution in [0.4, 0.5) is 17.1 Å². The van der Waals surface area contributed by atoms with E-state index in [0.29, 0.717) is 0 Å². The van der Waals surface area contributed by atoms with Crippen molar-refractivity contribution in [3.05, 3.63) is 271 Å². The maximum Gasteiger partial charge on any atom is 0.0713 e. The molecule has 296 valence electrons. The molecule has 0 spiro atoms. The van der Waals surface area contributed by atoms with Gasteiger partial charge in [-0.1, -0.05) is 200 Å². The van der Waals surface area contributed by atoms with Gasteiger partial charge >= 0.3 is 0 Å². The minimum Gasteiger partial charge on any atom is -0.310 e. The summed E-state index contributed by atoms with van der Waals surface area (Å²) in [6, 6.07) is 91.6. The van der Waals surface area contributed by atoms with E-state index >= 15 is 0 Å². The monoisotopic (exact) mass is 819 g/mol. The van der Waals surface area contributed by atoms with Crippen LogP contribution in [-0.2, 0) is 5.41 Å². The summed E-state index contributed by atoms with van der Waals surface area (Å²) in [6.45, 7) is 0. The summed E-state index contributed by atoms with van der Waals surface area (Å²) in [5.41, 5.74) is 17.7. The van der Waals surface area contributed by atoms with Crippen LogP contribution in [0, 0.1) is 0 Å². The van der Waals surface area contributed by atoms with Crippen molar-refractivity contribution in [1.29, 1.82) is 0 Å². The zero-order chi connectivity index (χ0) is 41.7. The van der Waals surface area contributed by atoms with Crippen LogP contribution >= 0.6 is 11.3 Å². The third-order valence-electron chi connectivity index (χ3n) is 13.0. The second-order valence-electron chi connectivity index (χ2n) is 16.4.